The monoisotopic (exact) mass is 206 g/mol. The van der Waals surface area contributed by atoms with E-state index in [0.717, 1.165) is 4.57 Å². The van der Waals surface area contributed by atoms with E-state index in [4.69, 9.17) is 4.74 Å². The Morgan fingerprint density at radius 1 is 1.33 bits per heavy atom. The number of nitrogens with zero attached hydrogens (tertiary/aromatic N) is 1. The van der Waals surface area contributed by atoms with Crippen LogP contribution in [0.4, 0.5) is 0 Å². The highest BCUT2D eigenvalue weighted by atomic mass is 16.5. The van der Waals surface area contributed by atoms with E-state index >= 15 is 0 Å². The molecule has 0 saturated heterocycles. The highest BCUT2D eigenvalue weighted by molar-refractivity contribution is 5.78. The molecule has 5 heteroatoms. The van der Waals surface area contributed by atoms with Crippen LogP contribution in [0.3, 0.4) is 0 Å². The van der Waals surface area contributed by atoms with Crippen molar-refractivity contribution in [1.29, 1.82) is 0 Å². The van der Waals surface area contributed by atoms with E-state index in [2.05, 4.69) is 4.98 Å². The molecule has 15 heavy (non-hydrogen) atoms. The summed E-state index contributed by atoms with van der Waals surface area (Å²) in [4.78, 5) is 25.6. The lowest BCUT2D eigenvalue weighted by Gasteiger charge is -2.03. The Morgan fingerprint density at radius 3 is 2.73 bits per heavy atom. The van der Waals surface area contributed by atoms with Crippen molar-refractivity contribution in [2.24, 2.45) is 7.05 Å². The molecular weight excluding hydrogens is 196 g/mol. The third-order valence-electron chi connectivity index (χ3n) is 2.31. The Morgan fingerprint density at radius 2 is 2.07 bits per heavy atom. The van der Waals surface area contributed by atoms with Gasteiger partial charge in [0.2, 0.25) is 0 Å². The second-order valence-corrected chi connectivity index (χ2v) is 3.21. The number of H-pyrrole nitrogens is 1. The van der Waals surface area contributed by atoms with Gasteiger partial charge in [-0.3, -0.25) is 9.36 Å². The van der Waals surface area contributed by atoms with Gasteiger partial charge < -0.3 is 9.72 Å². The van der Waals surface area contributed by atoms with Crippen molar-refractivity contribution in [3.05, 3.63) is 39.0 Å². The summed E-state index contributed by atoms with van der Waals surface area (Å²) >= 11 is 0. The molecule has 0 aliphatic heterocycles. The SMILES string of the molecule is COc1ccc2[nH]c(=O)n(C)c(=O)c2c1. The number of nitrogens with one attached hydrogen (secondary N) is 1. The van der Waals surface area contributed by atoms with Crippen LogP contribution in [-0.2, 0) is 7.05 Å². The minimum atomic E-state index is -0.419. The van der Waals surface area contributed by atoms with E-state index in [1.807, 2.05) is 0 Å². The lowest BCUT2D eigenvalue weighted by Crippen LogP contribution is -2.32. The number of hydrogen-bond donors (Lipinski definition) is 1. The average molecular weight is 206 g/mol. The van der Waals surface area contributed by atoms with Gasteiger partial charge in [-0.25, -0.2) is 4.79 Å². The van der Waals surface area contributed by atoms with Crippen LogP contribution in [0.15, 0.2) is 27.8 Å². The van der Waals surface area contributed by atoms with Gasteiger partial charge in [-0.2, -0.15) is 0 Å². The van der Waals surface area contributed by atoms with Gasteiger partial charge in [0.1, 0.15) is 5.75 Å². The van der Waals surface area contributed by atoms with Crippen molar-refractivity contribution in [2.45, 2.75) is 0 Å². The lowest BCUT2D eigenvalue weighted by molar-refractivity contribution is 0.415. The van der Waals surface area contributed by atoms with Crippen molar-refractivity contribution in [3.8, 4) is 5.75 Å². The first-order valence-corrected chi connectivity index (χ1v) is 4.40. The predicted molar refractivity (Wildman–Crippen MR) is 56.4 cm³/mol. The second kappa shape index (κ2) is 3.27. The molecule has 2 rings (SSSR count). The number of benzene rings is 1. The van der Waals surface area contributed by atoms with Crippen LogP contribution in [0.1, 0.15) is 0 Å². The smallest absolute Gasteiger partial charge is 0.328 e. The zero-order valence-electron chi connectivity index (χ0n) is 8.40. The summed E-state index contributed by atoms with van der Waals surface area (Å²) in [7, 11) is 2.96. The molecule has 1 aromatic heterocycles. The molecule has 1 aromatic carbocycles. The van der Waals surface area contributed by atoms with Crippen LogP contribution in [0, 0.1) is 0 Å². The summed E-state index contributed by atoms with van der Waals surface area (Å²) in [6.45, 7) is 0. The number of rotatable bonds is 1. The summed E-state index contributed by atoms with van der Waals surface area (Å²) in [6, 6.07) is 4.95. The summed E-state index contributed by atoms with van der Waals surface area (Å²) in [5, 5.41) is 0.441. The van der Waals surface area contributed by atoms with Gasteiger partial charge in [-0.15, -0.1) is 0 Å². The lowest BCUT2D eigenvalue weighted by atomic mass is 10.2. The van der Waals surface area contributed by atoms with E-state index in [1.165, 1.54) is 14.2 Å². The van der Waals surface area contributed by atoms with Gasteiger partial charge in [0.15, 0.2) is 0 Å². The Bertz CT molecular complexity index is 625. The molecule has 0 aliphatic carbocycles. The number of hydrogen-bond acceptors (Lipinski definition) is 3. The van der Waals surface area contributed by atoms with Crippen LogP contribution in [-0.4, -0.2) is 16.7 Å². The molecule has 0 bridgehead atoms. The van der Waals surface area contributed by atoms with Crippen LogP contribution in [0.2, 0.25) is 0 Å². The summed E-state index contributed by atoms with van der Waals surface area (Å²) in [5.41, 5.74) is -0.228. The van der Waals surface area contributed by atoms with Crippen molar-refractivity contribution >= 4 is 10.9 Å². The highest BCUT2D eigenvalue weighted by Gasteiger charge is 2.04. The zero-order valence-corrected chi connectivity index (χ0v) is 8.40. The van der Waals surface area contributed by atoms with Crippen LogP contribution in [0.25, 0.3) is 10.9 Å². The standard InChI is InChI=1S/C10H10N2O3/c1-12-9(13)7-5-6(15-2)3-4-8(7)11-10(12)14/h3-5H,1-2H3,(H,11,14). The van der Waals surface area contributed by atoms with Gasteiger partial charge in [0.25, 0.3) is 5.56 Å². The number of fused-ring (bicyclic) bond motifs is 1. The van der Waals surface area contributed by atoms with Crippen molar-refractivity contribution in [1.82, 2.24) is 9.55 Å². The maximum Gasteiger partial charge on any atom is 0.328 e. The summed E-state index contributed by atoms with van der Waals surface area (Å²) < 4.78 is 6.04. The van der Waals surface area contributed by atoms with Crippen LogP contribution in [0.5, 0.6) is 5.75 Å². The Labute approximate surface area is 84.9 Å². The highest BCUT2D eigenvalue weighted by Crippen LogP contribution is 2.14. The first-order chi connectivity index (χ1) is 7.13. The molecule has 78 valence electrons. The van der Waals surface area contributed by atoms with Gasteiger partial charge in [0.05, 0.1) is 18.0 Å². The molecule has 0 saturated carbocycles. The Balaban J connectivity index is 2.94. The molecule has 0 atom stereocenters. The molecule has 1 N–H and O–H groups in total. The minimum absolute atomic E-state index is 0.326. The molecule has 0 amide bonds. The number of aromatic amines is 1. The molecule has 0 radical (unpaired) electrons. The number of ether oxygens (including phenoxy) is 1. The maximum atomic E-state index is 11.7. The van der Waals surface area contributed by atoms with Crippen LogP contribution >= 0.6 is 0 Å². The van der Waals surface area contributed by atoms with E-state index in [-0.39, 0.29) is 5.56 Å². The molecule has 0 fully saturated rings. The number of aromatic nitrogens is 2. The van der Waals surface area contributed by atoms with Crippen molar-refractivity contribution < 1.29 is 4.74 Å². The fraction of sp³-hybridized carbons (Fsp3) is 0.200. The molecule has 0 spiro atoms. The van der Waals surface area contributed by atoms with Crippen molar-refractivity contribution in [2.75, 3.05) is 7.11 Å². The first-order valence-electron chi connectivity index (χ1n) is 4.40. The second-order valence-electron chi connectivity index (χ2n) is 3.21. The topological polar surface area (TPSA) is 64.1 Å². The fourth-order valence-corrected chi connectivity index (χ4v) is 1.41. The molecular formula is C10H10N2O3. The quantitative estimate of drug-likeness (QED) is 0.726. The van der Waals surface area contributed by atoms with E-state index < -0.39 is 5.69 Å². The van der Waals surface area contributed by atoms with Gasteiger partial charge in [-0.1, -0.05) is 0 Å². The molecule has 2 aromatic rings. The third-order valence-corrected chi connectivity index (χ3v) is 2.31. The third kappa shape index (κ3) is 1.41. The van der Waals surface area contributed by atoms with Crippen LogP contribution < -0.4 is 16.0 Å². The Kier molecular flexibility index (Phi) is 2.07. The normalized spacial score (nSPS) is 10.5. The average Bonchev–Trinajstić information content (AvgIpc) is 2.26. The number of methoxy groups -OCH3 is 1. The molecule has 0 unspecified atom stereocenters. The molecule has 0 aliphatic rings. The Hall–Kier alpha value is -2.04. The van der Waals surface area contributed by atoms with E-state index in [9.17, 15) is 9.59 Å². The minimum Gasteiger partial charge on any atom is -0.497 e. The maximum absolute atomic E-state index is 11.7. The zero-order chi connectivity index (χ0) is 11.0. The summed E-state index contributed by atoms with van der Waals surface area (Å²) in [5.74, 6) is 0.589. The van der Waals surface area contributed by atoms with Crippen molar-refractivity contribution in [3.63, 3.8) is 0 Å². The van der Waals surface area contributed by atoms with E-state index in [0.29, 0.717) is 16.7 Å². The van der Waals surface area contributed by atoms with Gasteiger partial charge in [-0.05, 0) is 18.2 Å². The largest absolute Gasteiger partial charge is 0.497 e. The molecule has 5 nitrogen and oxygen atoms in total. The summed E-state index contributed by atoms with van der Waals surface area (Å²) in [6.07, 6.45) is 0. The van der Waals surface area contributed by atoms with E-state index in [1.54, 1.807) is 18.2 Å². The molecule has 1 heterocycles. The fourth-order valence-electron chi connectivity index (χ4n) is 1.41. The predicted octanol–water partition coefficient (Wildman–Crippen LogP) is 0.235. The van der Waals surface area contributed by atoms with Gasteiger partial charge >= 0.3 is 5.69 Å². The van der Waals surface area contributed by atoms with Gasteiger partial charge in [0, 0.05) is 7.05 Å². The first kappa shape index (κ1) is 9.51.